The van der Waals surface area contributed by atoms with Crippen molar-refractivity contribution in [1.82, 2.24) is 4.98 Å². The zero-order chi connectivity index (χ0) is 14.9. The SMILES string of the molecule is COc1ccc(C(C)(C)C)cc1-c1cc(C#N)c(C)[nH]1. The second-order valence-corrected chi connectivity index (χ2v) is 6.00. The van der Waals surface area contributed by atoms with Gasteiger partial charge in [0.15, 0.2) is 0 Å². The molecule has 1 heterocycles. The van der Waals surface area contributed by atoms with Gasteiger partial charge in [-0.15, -0.1) is 0 Å². The Morgan fingerprint density at radius 3 is 2.40 bits per heavy atom. The Hall–Kier alpha value is -2.21. The van der Waals surface area contributed by atoms with Crippen LogP contribution in [-0.4, -0.2) is 12.1 Å². The Labute approximate surface area is 120 Å². The molecular weight excluding hydrogens is 248 g/mol. The normalized spacial score (nSPS) is 11.2. The highest BCUT2D eigenvalue weighted by Crippen LogP contribution is 2.34. The molecule has 0 aliphatic heterocycles. The number of nitrogens with one attached hydrogen (secondary N) is 1. The van der Waals surface area contributed by atoms with Gasteiger partial charge in [-0.25, -0.2) is 0 Å². The molecular formula is C17H20N2O. The lowest BCUT2D eigenvalue weighted by Gasteiger charge is -2.20. The smallest absolute Gasteiger partial charge is 0.128 e. The number of nitriles is 1. The van der Waals surface area contributed by atoms with Gasteiger partial charge in [0.1, 0.15) is 11.8 Å². The number of aryl methyl sites for hydroxylation is 1. The van der Waals surface area contributed by atoms with Gasteiger partial charge in [-0.3, -0.25) is 0 Å². The van der Waals surface area contributed by atoms with E-state index in [1.54, 1.807) is 7.11 Å². The Morgan fingerprint density at radius 1 is 1.20 bits per heavy atom. The quantitative estimate of drug-likeness (QED) is 0.888. The van der Waals surface area contributed by atoms with Crippen LogP contribution in [-0.2, 0) is 5.41 Å². The highest BCUT2D eigenvalue weighted by atomic mass is 16.5. The predicted octanol–water partition coefficient (Wildman–Crippen LogP) is 4.17. The number of hydrogen-bond donors (Lipinski definition) is 1. The number of H-pyrrole nitrogens is 1. The summed E-state index contributed by atoms with van der Waals surface area (Å²) < 4.78 is 5.45. The highest BCUT2D eigenvalue weighted by Gasteiger charge is 2.18. The van der Waals surface area contributed by atoms with E-state index in [4.69, 9.17) is 10.00 Å². The Kier molecular flexibility index (Phi) is 3.59. The number of nitrogens with zero attached hydrogens (tertiary/aromatic N) is 1. The summed E-state index contributed by atoms with van der Waals surface area (Å²) in [7, 11) is 1.66. The standard InChI is InChI=1S/C17H20N2O/c1-11-12(10-18)8-15(19-11)14-9-13(17(2,3)4)6-7-16(14)20-5/h6-9,19H,1-5H3. The fourth-order valence-corrected chi connectivity index (χ4v) is 2.20. The van der Waals surface area contributed by atoms with Gasteiger partial charge in [0.2, 0.25) is 0 Å². The first-order valence-corrected chi connectivity index (χ1v) is 6.65. The van der Waals surface area contributed by atoms with Gasteiger partial charge in [0.05, 0.1) is 18.4 Å². The van der Waals surface area contributed by atoms with Gasteiger partial charge in [0, 0.05) is 11.3 Å². The molecule has 0 spiro atoms. The third kappa shape index (κ3) is 2.55. The number of aromatic nitrogens is 1. The number of rotatable bonds is 2. The number of benzene rings is 1. The molecule has 0 amide bonds. The zero-order valence-electron chi connectivity index (χ0n) is 12.7. The molecule has 0 atom stereocenters. The van der Waals surface area contributed by atoms with Gasteiger partial charge in [-0.1, -0.05) is 26.8 Å². The molecule has 1 N–H and O–H groups in total. The predicted molar refractivity (Wildman–Crippen MR) is 80.9 cm³/mol. The van der Waals surface area contributed by atoms with E-state index in [1.165, 1.54) is 5.56 Å². The van der Waals surface area contributed by atoms with Crippen molar-refractivity contribution < 1.29 is 4.74 Å². The van der Waals surface area contributed by atoms with E-state index in [1.807, 2.05) is 19.1 Å². The Bertz CT molecular complexity index is 669. The maximum absolute atomic E-state index is 9.09. The van der Waals surface area contributed by atoms with E-state index in [2.05, 4.69) is 44.0 Å². The maximum atomic E-state index is 9.09. The largest absolute Gasteiger partial charge is 0.496 e. The summed E-state index contributed by atoms with van der Waals surface area (Å²) >= 11 is 0. The molecule has 0 radical (unpaired) electrons. The van der Waals surface area contributed by atoms with Gasteiger partial charge in [-0.2, -0.15) is 5.26 Å². The molecule has 0 aliphatic carbocycles. The summed E-state index contributed by atoms with van der Waals surface area (Å²) in [4.78, 5) is 3.26. The summed E-state index contributed by atoms with van der Waals surface area (Å²) in [6.07, 6.45) is 0. The van der Waals surface area contributed by atoms with Gasteiger partial charge in [0.25, 0.3) is 0 Å². The fourth-order valence-electron chi connectivity index (χ4n) is 2.20. The highest BCUT2D eigenvalue weighted by molar-refractivity contribution is 5.70. The average molecular weight is 268 g/mol. The summed E-state index contributed by atoms with van der Waals surface area (Å²) in [5, 5.41) is 9.09. The van der Waals surface area contributed by atoms with E-state index in [-0.39, 0.29) is 5.41 Å². The van der Waals surface area contributed by atoms with Crippen molar-refractivity contribution >= 4 is 0 Å². The van der Waals surface area contributed by atoms with Crippen LogP contribution in [0, 0.1) is 18.3 Å². The molecule has 20 heavy (non-hydrogen) atoms. The average Bonchev–Trinajstić information content (AvgIpc) is 2.78. The Morgan fingerprint density at radius 2 is 1.90 bits per heavy atom. The third-order valence-electron chi connectivity index (χ3n) is 3.49. The van der Waals surface area contributed by atoms with Gasteiger partial charge < -0.3 is 9.72 Å². The van der Waals surface area contributed by atoms with E-state index in [0.29, 0.717) is 5.56 Å². The first-order valence-electron chi connectivity index (χ1n) is 6.65. The van der Waals surface area contributed by atoms with Crippen molar-refractivity contribution in [2.45, 2.75) is 33.1 Å². The van der Waals surface area contributed by atoms with E-state index >= 15 is 0 Å². The molecule has 0 bridgehead atoms. The van der Waals surface area contributed by atoms with Crippen molar-refractivity contribution in [3.63, 3.8) is 0 Å². The van der Waals surface area contributed by atoms with Crippen LogP contribution in [0.1, 0.15) is 37.6 Å². The third-order valence-corrected chi connectivity index (χ3v) is 3.49. The lowest BCUT2D eigenvalue weighted by Crippen LogP contribution is -2.11. The lowest BCUT2D eigenvalue weighted by atomic mass is 9.85. The summed E-state index contributed by atoms with van der Waals surface area (Å²) in [6, 6.07) is 10.3. The van der Waals surface area contributed by atoms with Crippen LogP contribution in [0.5, 0.6) is 5.75 Å². The number of methoxy groups -OCH3 is 1. The second kappa shape index (κ2) is 5.05. The van der Waals surface area contributed by atoms with Crippen LogP contribution < -0.4 is 4.74 Å². The summed E-state index contributed by atoms with van der Waals surface area (Å²) in [6.45, 7) is 8.44. The van der Waals surface area contributed by atoms with Crippen molar-refractivity contribution in [3.8, 4) is 23.1 Å². The van der Waals surface area contributed by atoms with Crippen LogP contribution in [0.2, 0.25) is 0 Å². The monoisotopic (exact) mass is 268 g/mol. The molecule has 1 aromatic heterocycles. The van der Waals surface area contributed by atoms with E-state index < -0.39 is 0 Å². The van der Waals surface area contributed by atoms with Crippen molar-refractivity contribution in [2.75, 3.05) is 7.11 Å². The van der Waals surface area contributed by atoms with Crippen LogP contribution in [0.3, 0.4) is 0 Å². The van der Waals surface area contributed by atoms with Crippen molar-refractivity contribution in [3.05, 3.63) is 41.1 Å². The molecule has 104 valence electrons. The first-order chi connectivity index (χ1) is 9.36. The maximum Gasteiger partial charge on any atom is 0.128 e. The second-order valence-electron chi connectivity index (χ2n) is 6.00. The first kappa shape index (κ1) is 14.2. The molecule has 0 unspecified atom stereocenters. The molecule has 2 rings (SSSR count). The van der Waals surface area contributed by atoms with Gasteiger partial charge in [-0.05, 0) is 36.1 Å². The van der Waals surface area contributed by atoms with Crippen LogP contribution in [0.25, 0.3) is 11.3 Å². The zero-order valence-corrected chi connectivity index (χ0v) is 12.7. The topological polar surface area (TPSA) is 48.8 Å². The molecule has 0 aliphatic rings. The minimum absolute atomic E-state index is 0.0702. The van der Waals surface area contributed by atoms with Crippen LogP contribution in [0.4, 0.5) is 0 Å². The van der Waals surface area contributed by atoms with E-state index in [0.717, 1.165) is 22.7 Å². The molecule has 3 nitrogen and oxygen atoms in total. The number of ether oxygens (including phenoxy) is 1. The van der Waals surface area contributed by atoms with Crippen LogP contribution in [0.15, 0.2) is 24.3 Å². The summed E-state index contributed by atoms with van der Waals surface area (Å²) in [5.74, 6) is 0.809. The summed E-state index contributed by atoms with van der Waals surface area (Å²) in [5.41, 5.74) is 4.76. The lowest BCUT2D eigenvalue weighted by molar-refractivity contribution is 0.415. The van der Waals surface area contributed by atoms with Crippen LogP contribution >= 0.6 is 0 Å². The van der Waals surface area contributed by atoms with Gasteiger partial charge >= 0.3 is 0 Å². The number of hydrogen-bond acceptors (Lipinski definition) is 2. The van der Waals surface area contributed by atoms with Crippen molar-refractivity contribution in [2.24, 2.45) is 0 Å². The van der Waals surface area contributed by atoms with Crippen molar-refractivity contribution in [1.29, 1.82) is 5.26 Å². The Balaban J connectivity index is 2.61. The van der Waals surface area contributed by atoms with E-state index in [9.17, 15) is 0 Å². The molecule has 0 saturated carbocycles. The minimum atomic E-state index is 0.0702. The molecule has 0 saturated heterocycles. The minimum Gasteiger partial charge on any atom is -0.496 e. The molecule has 1 aromatic carbocycles. The number of aromatic amines is 1. The molecule has 0 fully saturated rings. The fraction of sp³-hybridized carbons (Fsp3) is 0.353. The molecule has 3 heteroatoms. The molecule has 2 aromatic rings.